The van der Waals surface area contributed by atoms with Crippen molar-refractivity contribution in [2.45, 2.75) is 128 Å². The zero-order chi connectivity index (χ0) is 44.6. The normalized spacial score (nSPS) is 36.4. The molecule has 15 heteroatoms. The van der Waals surface area contributed by atoms with E-state index in [1.54, 1.807) is 69.3 Å². The lowest BCUT2D eigenvalue weighted by atomic mass is 9.44. The molecule has 1 aliphatic heterocycles. The van der Waals surface area contributed by atoms with E-state index in [0.29, 0.717) is 5.56 Å². The Bertz CT molecular complexity index is 2150. The number of amides is 1. The van der Waals surface area contributed by atoms with Crippen LogP contribution >= 0.6 is 0 Å². The van der Waals surface area contributed by atoms with E-state index >= 15 is 4.79 Å². The van der Waals surface area contributed by atoms with Crippen molar-refractivity contribution in [2.24, 2.45) is 28.6 Å². The summed E-state index contributed by atoms with van der Waals surface area (Å²) in [6, 6.07) is 16.2. The first-order chi connectivity index (χ1) is 28.6. The molecular formula is C46H55NO14. The van der Waals surface area contributed by atoms with E-state index in [4.69, 9.17) is 23.7 Å². The van der Waals surface area contributed by atoms with Crippen LogP contribution in [-0.2, 0) is 42.9 Å². The number of carbonyl (C=O) groups excluding carboxylic acids is 6. The molecular weight excluding hydrogens is 790 g/mol. The number of fused-ring (bicyclic) bond motifs is 5. The largest absolute Gasteiger partial charge is 0.456 e. The van der Waals surface area contributed by atoms with Gasteiger partial charge >= 0.3 is 23.9 Å². The average Bonchev–Trinajstić information content (AvgIpc) is 3.94. The molecule has 328 valence electrons. The predicted molar refractivity (Wildman–Crippen MR) is 214 cm³/mol. The lowest BCUT2D eigenvalue weighted by molar-refractivity contribution is -0.346. The molecule has 2 aromatic carbocycles. The fraction of sp³-hybridized carbons (Fsp3) is 0.565. The summed E-state index contributed by atoms with van der Waals surface area (Å²) in [5.74, 6) is -6.98. The van der Waals surface area contributed by atoms with E-state index in [9.17, 15) is 39.3 Å². The Morgan fingerprint density at radius 3 is 2.00 bits per heavy atom. The zero-order valence-electron chi connectivity index (χ0n) is 35.6. The van der Waals surface area contributed by atoms with Crippen molar-refractivity contribution in [1.29, 1.82) is 0 Å². The molecule has 0 spiro atoms. The standard InChI is InChI=1S/C46H55NO14/c1-23(2)29-20-44(29,47-39(53)27-15-11-9-12-16-27)37(52)41(55)59-30-21-46(56)38(60-40(54)28-17-13-10-14-18-28)35-43(8,31(50)19-32-45(35,22-57-32)61-26(5)49)36(51)34(58-25(4)48)33(24(30)3)42(46,6)7/h9-18,23,29-32,34-35,37-38,50,52,56H,19-22H2,1-8H3,(H,47,53)/t29-,30+,31+,32-,34-,35+,37-,38+,43-,44-,45+,46-/m1/s1. The van der Waals surface area contributed by atoms with Gasteiger partial charge in [-0.05, 0) is 67.5 Å². The number of aliphatic hydroxyl groups is 3. The van der Waals surface area contributed by atoms with Crippen LogP contribution in [0.1, 0.15) is 95.4 Å². The molecule has 4 aliphatic carbocycles. The molecule has 61 heavy (non-hydrogen) atoms. The third-order valence-corrected chi connectivity index (χ3v) is 14.4. The Morgan fingerprint density at radius 2 is 1.48 bits per heavy atom. The van der Waals surface area contributed by atoms with Crippen molar-refractivity contribution in [2.75, 3.05) is 6.61 Å². The number of rotatable bonds is 10. The maximum Gasteiger partial charge on any atom is 0.338 e. The lowest BCUT2D eigenvalue weighted by Gasteiger charge is -2.67. The summed E-state index contributed by atoms with van der Waals surface area (Å²) in [5, 5.41) is 40.5. The first-order valence-corrected chi connectivity index (χ1v) is 20.7. The van der Waals surface area contributed by atoms with Crippen LogP contribution < -0.4 is 5.32 Å². The third kappa shape index (κ3) is 6.88. The number of carbonyl (C=O) groups is 6. The Balaban J connectivity index is 1.38. The van der Waals surface area contributed by atoms with Crippen LogP contribution in [-0.4, -0.2) is 111 Å². The van der Waals surface area contributed by atoms with Crippen molar-refractivity contribution in [3.8, 4) is 0 Å². The zero-order valence-corrected chi connectivity index (χ0v) is 35.6. The second-order valence-corrected chi connectivity index (χ2v) is 18.5. The van der Waals surface area contributed by atoms with Gasteiger partial charge in [0.2, 0.25) is 0 Å². The van der Waals surface area contributed by atoms with Gasteiger partial charge < -0.3 is 44.3 Å². The molecule has 3 saturated carbocycles. The molecule has 0 aromatic heterocycles. The Hall–Kier alpha value is -4.96. The van der Waals surface area contributed by atoms with Crippen molar-refractivity contribution < 1.29 is 67.8 Å². The number of ketones is 1. The summed E-state index contributed by atoms with van der Waals surface area (Å²) in [7, 11) is 0. The first-order valence-electron chi connectivity index (χ1n) is 20.7. The van der Waals surface area contributed by atoms with Gasteiger partial charge in [0.05, 0.1) is 35.1 Å². The molecule has 4 fully saturated rings. The summed E-state index contributed by atoms with van der Waals surface area (Å²) in [6.07, 6.45) is -9.96. The highest BCUT2D eigenvalue weighted by Crippen LogP contribution is 2.64. The topological polar surface area (TPSA) is 221 Å². The Morgan fingerprint density at radius 1 is 0.869 bits per heavy atom. The van der Waals surface area contributed by atoms with Crippen molar-refractivity contribution >= 4 is 35.6 Å². The van der Waals surface area contributed by atoms with E-state index in [0.717, 1.165) is 13.8 Å². The minimum Gasteiger partial charge on any atom is -0.456 e. The smallest absolute Gasteiger partial charge is 0.338 e. The van der Waals surface area contributed by atoms with Crippen LogP contribution in [0.5, 0.6) is 0 Å². The van der Waals surface area contributed by atoms with E-state index in [1.165, 1.54) is 19.1 Å². The monoisotopic (exact) mass is 845 g/mol. The minimum absolute atomic E-state index is 0.0217. The van der Waals surface area contributed by atoms with Gasteiger partial charge in [0.1, 0.15) is 23.9 Å². The summed E-state index contributed by atoms with van der Waals surface area (Å²) >= 11 is 0. The van der Waals surface area contributed by atoms with Crippen LogP contribution in [0.2, 0.25) is 0 Å². The number of ether oxygens (including phenoxy) is 5. The van der Waals surface area contributed by atoms with Gasteiger partial charge in [0, 0.05) is 37.7 Å². The molecule has 0 unspecified atom stereocenters. The Kier molecular flexibility index (Phi) is 11.2. The minimum atomic E-state index is -2.36. The van der Waals surface area contributed by atoms with Crippen LogP contribution in [0, 0.1) is 28.6 Å². The van der Waals surface area contributed by atoms with E-state index in [-0.39, 0.29) is 48.0 Å². The lowest BCUT2D eigenvalue weighted by Crippen LogP contribution is -2.82. The molecule has 12 atom stereocenters. The maximum absolute atomic E-state index is 15.5. The van der Waals surface area contributed by atoms with Crippen LogP contribution in [0.25, 0.3) is 0 Å². The van der Waals surface area contributed by atoms with Gasteiger partial charge in [-0.15, -0.1) is 0 Å². The fourth-order valence-corrected chi connectivity index (χ4v) is 11.0. The second-order valence-electron chi connectivity index (χ2n) is 18.5. The number of benzene rings is 2. The number of Topliss-reactive ketones (excluding diaryl/α,β-unsaturated/α-hetero) is 1. The maximum atomic E-state index is 15.5. The van der Waals surface area contributed by atoms with Gasteiger partial charge in [-0.2, -0.15) is 0 Å². The third-order valence-electron chi connectivity index (χ3n) is 14.4. The van der Waals surface area contributed by atoms with Crippen molar-refractivity contribution in [3.05, 3.63) is 82.9 Å². The molecule has 1 saturated heterocycles. The molecule has 2 bridgehead atoms. The Labute approximate surface area is 354 Å². The molecule has 1 heterocycles. The van der Waals surface area contributed by atoms with Crippen LogP contribution in [0.15, 0.2) is 71.8 Å². The fourth-order valence-electron chi connectivity index (χ4n) is 11.0. The summed E-state index contributed by atoms with van der Waals surface area (Å²) in [6.45, 7) is 11.9. The van der Waals surface area contributed by atoms with Crippen molar-refractivity contribution in [3.63, 3.8) is 0 Å². The highest BCUT2D eigenvalue weighted by atomic mass is 16.6. The SMILES string of the molecule is CC(=O)O[C@H]1C(=O)[C@@]2(C)[C@H]([C@H](OC(=O)c3ccccc3)[C@]3(O)C[C@H](OC(=O)[C@@H](O)[C@@]4(NC(=O)c5ccccc5)C[C@@H]4C(C)C)C(C)=C1C3(C)C)[C@]1(OC(C)=O)CO[C@@H]1C[C@@H]2O. The quantitative estimate of drug-likeness (QED) is 0.153. The van der Waals surface area contributed by atoms with Crippen molar-refractivity contribution in [1.82, 2.24) is 5.32 Å². The summed E-state index contributed by atoms with van der Waals surface area (Å²) in [4.78, 5) is 83.5. The molecule has 5 aliphatic rings. The first kappa shape index (κ1) is 44.1. The molecule has 2 aromatic rings. The summed E-state index contributed by atoms with van der Waals surface area (Å²) < 4.78 is 30.4. The number of hydrogen-bond acceptors (Lipinski definition) is 14. The van der Waals surface area contributed by atoms with Gasteiger partial charge in [-0.25, -0.2) is 9.59 Å². The predicted octanol–water partition coefficient (Wildman–Crippen LogP) is 3.41. The van der Waals surface area contributed by atoms with Gasteiger partial charge in [0.15, 0.2) is 23.6 Å². The molecule has 15 nitrogen and oxygen atoms in total. The van der Waals surface area contributed by atoms with E-state index in [2.05, 4.69) is 5.32 Å². The van der Waals surface area contributed by atoms with Crippen LogP contribution in [0.4, 0.5) is 0 Å². The second kappa shape index (κ2) is 15.4. The van der Waals surface area contributed by atoms with E-state index < -0.39 is 112 Å². The molecule has 4 N–H and O–H groups in total. The molecule has 7 rings (SSSR count). The molecule has 1 amide bonds. The number of esters is 4. The van der Waals surface area contributed by atoms with Gasteiger partial charge in [-0.1, -0.05) is 64.1 Å². The summed E-state index contributed by atoms with van der Waals surface area (Å²) in [5.41, 5.74) is -8.59. The number of aliphatic hydroxyl groups excluding tert-OH is 2. The number of hydrogen-bond donors (Lipinski definition) is 4. The molecule has 0 radical (unpaired) electrons. The van der Waals surface area contributed by atoms with Crippen LogP contribution in [0.3, 0.4) is 0 Å². The number of nitrogens with one attached hydrogen (secondary N) is 1. The van der Waals surface area contributed by atoms with Gasteiger partial charge in [0.25, 0.3) is 5.91 Å². The highest BCUT2D eigenvalue weighted by Gasteiger charge is 2.78. The highest BCUT2D eigenvalue weighted by molar-refractivity contribution is 5.97. The average molecular weight is 846 g/mol. The van der Waals surface area contributed by atoms with E-state index in [1.807, 2.05) is 13.8 Å². The van der Waals surface area contributed by atoms with Gasteiger partial charge in [-0.3, -0.25) is 19.2 Å².